The van der Waals surface area contributed by atoms with Crippen molar-refractivity contribution in [3.8, 4) is 0 Å². The molecule has 0 amide bonds. The molecule has 2 nitrogen and oxygen atoms in total. The van der Waals surface area contributed by atoms with Crippen LogP contribution < -0.4 is 5.73 Å². The highest BCUT2D eigenvalue weighted by Crippen LogP contribution is 2.37. The summed E-state index contributed by atoms with van der Waals surface area (Å²) in [6.07, 6.45) is 4.22. The Morgan fingerprint density at radius 3 is 2.55 bits per heavy atom. The maximum atomic E-state index is 6.05. The molecule has 0 aromatic carbocycles. The Labute approximate surface area is 68.1 Å². The average molecular weight is 155 g/mol. The Bertz CT molecular complexity index is 144. The Kier molecular flexibility index (Phi) is 1.90. The van der Waals surface area contributed by atoms with Crippen LogP contribution in [0.15, 0.2) is 0 Å². The van der Waals surface area contributed by atoms with E-state index in [1.54, 1.807) is 0 Å². The van der Waals surface area contributed by atoms with E-state index in [4.69, 9.17) is 10.5 Å². The first kappa shape index (κ1) is 7.56. The lowest BCUT2D eigenvalue weighted by Crippen LogP contribution is -2.39. The largest absolute Gasteiger partial charge is 0.376 e. The number of ether oxygens (including phenoxy) is 1. The minimum atomic E-state index is 0.326. The minimum absolute atomic E-state index is 0.326. The van der Waals surface area contributed by atoms with Crippen LogP contribution in [0.5, 0.6) is 0 Å². The Morgan fingerprint density at radius 2 is 2.09 bits per heavy atom. The van der Waals surface area contributed by atoms with Gasteiger partial charge < -0.3 is 10.5 Å². The number of hydrogen-bond acceptors (Lipinski definition) is 2. The van der Waals surface area contributed by atoms with Gasteiger partial charge in [-0.05, 0) is 31.1 Å². The third-order valence-corrected chi connectivity index (χ3v) is 2.99. The summed E-state index contributed by atoms with van der Waals surface area (Å²) in [5, 5.41) is 0. The van der Waals surface area contributed by atoms with Gasteiger partial charge in [-0.3, -0.25) is 0 Å². The molecule has 0 aromatic heterocycles. The molecule has 3 unspecified atom stereocenters. The van der Waals surface area contributed by atoms with Gasteiger partial charge in [-0.15, -0.1) is 0 Å². The normalized spacial score (nSPS) is 40.9. The second kappa shape index (κ2) is 2.76. The highest BCUT2D eigenvalue weighted by atomic mass is 16.5. The first-order chi connectivity index (χ1) is 5.29. The topological polar surface area (TPSA) is 35.2 Å². The fraction of sp³-hybridized carbons (Fsp3) is 1.00. The van der Waals surface area contributed by atoms with E-state index in [9.17, 15) is 0 Å². The summed E-state index contributed by atoms with van der Waals surface area (Å²) in [5.74, 6) is 1.46. The third-order valence-electron chi connectivity index (χ3n) is 2.99. The molecule has 3 atom stereocenters. The molecule has 1 aliphatic carbocycles. The Balaban J connectivity index is 1.91. The van der Waals surface area contributed by atoms with Gasteiger partial charge in [0.2, 0.25) is 0 Å². The number of nitrogens with two attached hydrogens (primary N) is 1. The van der Waals surface area contributed by atoms with Gasteiger partial charge in [0.05, 0.1) is 6.10 Å². The average Bonchev–Trinajstić information content (AvgIpc) is 2.74. The SMILES string of the molecule is CC1CCOC1C(N)C1CC1. The third kappa shape index (κ3) is 1.42. The van der Waals surface area contributed by atoms with E-state index in [-0.39, 0.29) is 0 Å². The standard InChI is InChI=1S/C9H17NO/c1-6-4-5-11-9(6)8(10)7-2-3-7/h6-9H,2-5,10H2,1H3. The van der Waals surface area contributed by atoms with E-state index in [1.165, 1.54) is 19.3 Å². The lowest BCUT2D eigenvalue weighted by molar-refractivity contribution is 0.0665. The van der Waals surface area contributed by atoms with Crippen LogP contribution in [0.4, 0.5) is 0 Å². The molecule has 0 aromatic rings. The van der Waals surface area contributed by atoms with Gasteiger partial charge in [0, 0.05) is 12.6 Å². The van der Waals surface area contributed by atoms with Crippen LogP contribution in [0.25, 0.3) is 0 Å². The van der Waals surface area contributed by atoms with Crippen LogP contribution in [0.3, 0.4) is 0 Å². The molecule has 2 fully saturated rings. The molecular formula is C9H17NO. The van der Waals surface area contributed by atoms with Gasteiger partial charge in [-0.1, -0.05) is 6.92 Å². The molecule has 0 bridgehead atoms. The molecular weight excluding hydrogens is 138 g/mol. The van der Waals surface area contributed by atoms with E-state index in [0.717, 1.165) is 12.5 Å². The van der Waals surface area contributed by atoms with Gasteiger partial charge >= 0.3 is 0 Å². The van der Waals surface area contributed by atoms with Gasteiger partial charge in [0.25, 0.3) is 0 Å². The molecule has 11 heavy (non-hydrogen) atoms. The fourth-order valence-corrected chi connectivity index (χ4v) is 1.96. The summed E-state index contributed by atoms with van der Waals surface area (Å²) < 4.78 is 5.60. The molecule has 1 saturated heterocycles. The molecule has 2 N–H and O–H groups in total. The highest BCUT2D eigenvalue weighted by molar-refractivity contribution is 4.92. The van der Waals surface area contributed by atoms with Crippen LogP contribution in [0, 0.1) is 11.8 Å². The van der Waals surface area contributed by atoms with Crippen LogP contribution >= 0.6 is 0 Å². The van der Waals surface area contributed by atoms with Crippen molar-refractivity contribution in [1.82, 2.24) is 0 Å². The van der Waals surface area contributed by atoms with Gasteiger partial charge in [-0.25, -0.2) is 0 Å². The molecule has 1 heterocycles. The molecule has 1 saturated carbocycles. The maximum Gasteiger partial charge on any atom is 0.0754 e. The number of hydrogen-bond donors (Lipinski definition) is 1. The van der Waals surface area contributed by atoms with Crippen molar-refractivity contribution in [2.24, 2.45) is 17.6 Å². The quantitative estimate of drug-likeness (QED) is 0.649. The first-order valence-corrected chi connectivity index (χ1v) is 4.66. The summed E-state index contributed by atoms with van der Waals surface area (Å²) >= 11 is 0. The highest BCUT2D eigenvalue weighted by Gasteiger charge is 2.38. The lowest BCUT2D eigenvalue weighted by Gasteiger charge is -2.21. The van der Waals surface area contributed by atoms with Crippen molar-refractivity contribution in [1.29, 1.82) is 0 Å². The van der Waals surface area contributed by atoms with Crippen molar-refractivity contribution in [3.63, 3.8) is 0 Å². The number of rotatable bonds is 2. The monoisotopic (exact) mass is 155 g/mol. The van der Waals surface area contributed by atoms with Crippen LogP contribution in [-0.4, -0.2) is 18.8 Å². The van der Waals surface area contributed by atoms with E-state index < -0.39 is 0 Å². The minimum Gasteiger partial charge on any atom is -0.376 e. The summed E-state index contributed by atoms with van der Waals surface area (Å²) in [5.41, 5.74) is 6.05. The Morgan fingerprint density at radius 1 is 1.36 bits per heavy atom. The van der Waals surface area contributed by atoms with Crippen molar-refractivity contribution >= 4 is 0 Å². The molecule has 0 radical (unpaired) electrons. The van der Waals surface area contributed by atoms with E-state index in [0.29, 0.717) is 18.1 Å². The fourth-order valence-electron chi connectivity index (χ4n) is 1.96. The van der Waals surface area contributed by atoms with Gasteiger partial charge in [0.1, 0.15) is 0 Å². The summed E-state index contributed by atoms with van der Waals surface area (Å²) in [7, 11) is 0. The van der Waals surface area contributed by atoms with E-state index >= 15 is 0 Å². The van der Waals surface area contributed by atoms with Gasteiger partial charge in [-0.2, -0.15) is 0 Å². The summed E-state index contributed by atoms with van der Waals surface area (Å²) in [4.78, 5) is 0. The lowest BCUT2D eigenvalue weighted by atomic mass is 9.95. The first-order valence-electron chi connectivity index (χ1n) is 4.66. The molecule has 1 aliphatic heterocycles. The zero-order chi connectivity index (χ0) is 7.84. The second-order valence-electron chi connectivity index (χ2n) is 4.02. The second-order valence-corrected chi connectivity index (χ2v) is 4.02. The zero-order valence-corrected chi connectivity index (χ0v) is 7.12. The van der Waals surface area contributed by atoms with Crippen molar-refractivity contribution in [2.75, 3.05) is 6.61 Å². The predicted octanol–water partition coefficient (Wildman–Crippen LogP) is 1.15. The summed E-state index contributed by atoms with van der Waals surface area (Å²) in [6, 6.07) is 0.326. The maximum absolute atomic E-state index is 6.05. The smallest absolute Gasteiger partial charge is 0.0754 e. The van der Waals surface area contributed by atoms with Crippen molar-refractivity contribution in [3.05, 3.63) is 0 Å². The van der Waals surface area contributed by atoms with E-state index in [2.05, 4.69) is 6.92 Å². The van der Waals surface area contributed by atoms with Crippen LogP contribution in [0.1, 0.15) is 26.2 Å². The van der Waals surface area contributed by atoms with Gasteiger partial charge in [0.15, 0.2) is 0 Å². The molecule has 64 valence electrons. The van der Waals surface area contributed by atoms with Crippen molar-refractivity contribution in [2.45, 2.75) is 38.3 Å². The molecule has 2 aliphatic rings. The van der Waals surface area contributed by atoms with E-state index in [1.807, 2.05) is 0 Å². The summed E-state index contributed by atoms with van der Waals surface area (Å²) in [6.45, 7) is 3.17. The zero-order valence-electron chi connectivity index (χ0n) is 7.12. The van der Waals surface area contributed by atoms with Crippen molar-refractivity contribution < 1.29 is 4.74 Å². The molecule has 2 heteroatoms. The van der Waals surface area contributed by atoms with Crippen LogP contribution in [-0.2, 0) is 4.74 Å². The predicted molar refractivity (Wildman–Crippen MR) is 44.2 cm³/mol. The molecule has 2 rings (SSSR count). The molecule has 0 spiro atoms. The van der Waals surface area contributed by atoms with Crippen LogP contribution in [0.2, 0.25) is 0 Å². The Hall–Kier alpha value is -0.0800.